The molecule has 0 aliphatic heterocycles. The van der Waals surface area contributed by atoms with Crippen LogP contribution in [0.25, 0.3) is 0 Å². The first-order valence-corrected chi connectivity index (χ1v) is 2.84. The molecule has 9 heavy (non-hydrogen) atoms. The smallest absolute Gasteiger partial charge is 0.0353 e. The van der Waals surface area contributed by atoms with Gasteiger partial charge in [0.25, 0.3) is 0 Å². The Balaban J connectivity index is 0. The van der Waals surface area contributed by atoms with E-state index in [4.69, 9.17) is 0 Å². The molecular formula is C7H14N2. The molecule has 0 heterocycles. The molecular weight excluding hydrogens is 112 g/mol. The normalized spacial score (nSPS) is 7.78. The van der Waals surface area contributed by atoms with Crippen LogP contribution in [0.1, 0.15) is 13.8 Å². The zero-order valence-corrected chi connectivity index (χ0v) is 6.17. The zero-order valence-electron chi connectivity index (χ0n) is 6.17. The van der Waals surface area contributed by atoms with Gasteiger partial charge >= 0.3 is 0 Å². The molecule has 0 aromatic heterocycles. The number of rotatable bonds is 2. The molecule has 2 nitrogen and oxygen atoms in total. The van der Waals surface area contributed by atoms with Crippen molar-refractivity contribution in [2.24, 2.45) is 9.98 Å². The van der Waals surface area contributed by atoms with Crippen LogP contribution < -0.4 is 0 Å². The first kappa shape index (κ1) is 11.0. The highest BCUT2D eigenvalue weighted by atomic mass is 14.6. The fraction of sp³-hybridized carbons (Fsp3) is 0.429. The Kier molecular flexibility index (Phi) is 19.1. The molecule has 2 heteroatoms. The predicted octanol–water partition coefficient (Wildman–Crippen LogP) is 1.93. The molecule has 0 radical (unpaired) electrons. The first-order valence-electron chi connectivity index (χ1n) is 2.84. The molecule has 0 N–H and O–H groups in total. The van der Waals surface area contributed by atoms with E-state index < -0.39 is 0 Å². The maximum atomic E-state index is 3.61. The fourth-order valence-corrected chi connectivity index (χ4v) is 0.105. The SMILES string of the molecule is C=CN=CC.C=NCC. The van der Waals surface area contributed by atoms with Gasteiger partial charge in [0, 0.05) is 19.0 Å². The van der Waals surface area contributed by atoms with Crippen LogP contribution in [0.15, 0.2) is 22.8 Å². The molecule has 0 aliphatic carbocycles. The second kappa shape index (κ2) is 15.7. The highest BCUT2D eigenvalue weighted by Crippen LogP contribution is 1.57. The summed E-state index contributed by atoms with van der Waals surface area (Å²) >= 11 is 0. The van der Waals surface area contributed by atoms with Gasteiger partial charge in [-0.2, -0.15) is 0 Å². The summed E-state index contributed by atoms with van der Waals surface area (Å²) in [4.78, 5) is 7.10. The van der Waals surface area contributed by atoms with E-state index in [1.165, 1.54) is 6.20 Å². The number of aliphatic imine (C=N–C) groups is 2. The van der Waals surface area contributed by atoms with Gasteiger partial charge in [0.1, 0.15) is 0 Å². The minimum atomic E-state index is 0.833. The fourth-order valence-electron chi connectivity index (χ4n) is 0.105. The van der Waals surface area contributed by atoms with Crippen molar-refractivity contribution in [2.45, 2.75) is 13.8 Å². The standard InChI is InChI=1S/C4H7N.C3H7N/c1-3-5-4-2;1-3-4-2/h3-4H,1H2,2H3;2-3H2,1H3. The lowest BCUT2D eigenvalue weighted by atomic mass is 10.8. The van der Waals surface area contributed by atoms with E-state index in [2.05, 4.69) is 23.3 Å². The van der Waals surface area contributed by atoms with Gasteiger partial charge in [0.2, 0.25) is 0 Å². The number of hydrogen-bond acceptors (Lipinski definition) is 2. The Labute approximate surface area is 57.0 Å². The lowest BCUT2D eigenvalue weighted by molar-refractivity contribution is 1.15. The van der Waals surface area contributed by atoms with Crippen molar-refractivity contribution >= 4 is 12.9 Å². The molecule has 0 fully saturated rings. The summed E-state index contributed by atoms with van der Waals surface area (Å²) in [5.74, 6) is 0. The minimum absolute atomic E-state index is 0.833. The first-order chi connectivity index (χ1) is 4.33. The van der Waals surface area contributed by atoms with Gasteiger partial charge in [-0.25, -0.2) is 0 Å². The lowest BCUT2D eigenvalue weighted by Gasteiger charge is -1.61. The van der Waals surface area contributed by atoms with Crippen molar-refractivity contribution in [2.75, 3.05) is 6.54 Å². The van der Waals surface area contributed by atoms with E-state index in [1.54, 1.807) is 6.21 Å². The maximum absolute atomic E-state index is 3.61. The third-order valence-corrected chi connectivity index (χ3v) is 0.478. The summed E-state index contributed by atoms with van der Waals surface area (Å²) in [5, 5.41) is 0. The van der Waals surface area contributed by atoms with Crippen molar-refractivity contribution in [1.82, 2.24) is 0 Å². The monoisotopic (exact) mass is 126 g/mol. The van der Waals surface area contributed by atoms with Crippen LogP contribution in [0.4, 0.5) is 0 Å². The minimum Gasteiger partial charge on any atom is -0.301 e. The van der Waals surface area contributed by atoms with Gasteiger partial charge in [-0.15, -0.1) is 0 Å². The molecule has 0 spiro atoms. The van der Waals surface area contributed by atoms with Crippen LogP contribution in [-0.2, 0) is 0 Å². The predicted molar refractivity (Wildman–Crippen MR) is 44.5 cm³/mol. The van der Waals surface area contributed by atoms with Crippen molar-refractivity contribution in [1.29, 1.82) is 0 Å². The van der Waals surface area contributed by atoms with Crippen LogP contribution in [0.3, 0.4) is 0 Å². The topological polar surface area (TPSA) is 24.7 Å². The van der Waals surface area contributed by atoms with Crippen molar-refractivity contribution in [3.05, 3.63) is 12.8 Å². The molecule has 0 rings (SSSR count). The number of nitrogens with zero attached hydrogens (tertiary/aromatic N) is 2. The van der Waals surface area contributed by atoms with Crippen LogP contribution in [-0.4, -0.2) is 19.5 Å². The summed E-state index contributed by atoms with van der Waals surface area (Å²) < 4.78 is 0. The van der Waals surface area contributed by atoms with Crippen molar-refractivity contribution in [3.8, 4) is 0 Å². The second-order valence-corrected chi connectivity index (χ2v) is 1.13. The van der Waals surface area contributed by atoms with Gasteiger partial charge in [-0.1, -0.05) is 6.58 Å². The number of hydrogen-bond donors (Lipinski definition) is 0. The van der Waals surface area contributed by atoms with E-state index in [9.17, 15) is 0 Å². The van der Waals surface area contributed by atoms with Gasteiger partial charge in [0.15, 0.2) is 0 Å². The van der Waals surface area contributed by atoms with Crippen LogP contribution in [0.2, 0.25) is 0 Å². The van der Waals surface area contributed by atoms with Gasteiger partial charge in [-0.05, 0) is 20.6 Å². The van der Waals surface area contributed by atoms with E-state index in [0.29, 0.717) is 0 Å². The van der Waals surface area contributed by atoms with Crippen molar-refractivity contribution in [3.63, 3.8) is 0 Å². The molecule has 0 aromatic carbocycles. The molecule has 0 bridgehead atoms. The van der Waals surface area contributed by atoms with Crippen molar-refractivity contribution < 1.29 is 0 Å². The Morgan fingerprint density at radius 2 is 2.00 bits per heavy atom. The van der Waals surface area contributed by atoms with E-state index in [1.807, 2.05) is 13.8 Å². The molecule has 0 aliphatic rings. The zero-order chi connectivity index (χ0) is 7.54. The quantitative estimate of drug-likeness (QED) is 0.505. The lowest BCUT2D eigenvalue weighted by Crippen LogP contribution is -1.54. The Morgan fingerprint density at radius 3 is 2.00 bits per heavy atom. The molecule has 0 aromatic rings. The molecule has 0 unspecified atom stereocenters. The molecule has 0 saturated heterocycles. The second-order valence-electron chi connectivity index (χ2n) is 1.13. The van der Waals surface area contributed by atoms with Gasteiger partial charge in [0.05, 0.1) is 0 Å². The third kappa shape index (κ3) is 42.2. The van der Waals surface area contributed by atoms with E-state index in [0.717, 1.165) is 6.54 Å². The van der Waals surface area contributed by atoms with Gasteiger partial charge < -0.3 is 4.99 Å². The largest absolute Gasteiger partial charge is 0.301 e. The molecule has 52 valence electrons. The average Bonchev–Trinajstić information content (AvgIpc) is 1.91. The Hall–Kier alpha value is -0.920. The van der Waals surface area contributed by atoms with Crippen LogP contribution >= 0.6 is 0 Å². The summed E-state index contributed by atoms with van der Waals surface area (Å²) in [6.45, 7) is 11.2. The Morgan fingerprint density at radius 1 is 1.56 bits per heavy atom. The maximum Gasteiger partial charge on any atom is 0.0353 e. The third-order valence-electron chi connectivity index (χ3n) is 0.478. The van der Waals surface area contributed by atoms with E-state index in [-0.39, 0.29) is 0 Å². The average molecular weight is 126 g/mol. The summed E-state index contributed by atoms with van der Waals surface area (Å²) in [5.41, 5.74) is 0. The molecule has 0 saturated carbocycles. The van der Waals surface area contributed by atoms with Gasteiger partial charge in [-0.3, -0.25) is 4.99 Å². The summed E-state index contributed by atoms with van der Waals surface area (Å²) in [6, 6.07) is 0. The highest BCUT2D eigenvalue weighted by Gasteiger charge is 1.43. The highest BCUT2D eigenvalue weighted by molar-refractivity contribution is 5.53. The van der Waals surface area contributed by atoms with E-state index >= 15 is 0 Å². The Bertz CT molecular complexity index is 84.9. The van der Waals surface area contributed by atoms with Crippen LogP contribution in [0.5, 0.6) is 0 Å². The van der Waals surface area contributed by atoms with Crippen LogP contribution in [0, 0.1) is 0 Å². The summed E-state index contributed by atoms with van der Waals surface area (Å²) in [7, 11) is 0. The summed E-state index contributed by atoms with van der Waals surface area (Å²) in [6.07, 6.45) is 3.19. The molecule has 0 atom stereocenters. The molecule has 0 amide bonds.